The van der Waals surface area contributed by atoms with Crippen LogP contribution in [-0.4, -0.2) is 57.4 Å². The number of anilines is 1. The van der Waals surface area contributed by atoms with Crippen molar-refractivity contribution in [3.05, 3.63) is 125 Å². The average molecular weight is 714 g/mol. The predicted molar refractivity (Wildman–Crippen MR) is 196 cm³/mol. The van der Waals surface area contributed by atoms with Gasteiger partial charge in [-0.2, -0.15) is 13.2 Å². The molecule has 4 atom stereocenters. The van der Waals surface area contributed by atoms with Crippen molar-refractivity contribution in [2.45, 2.75) is 69.1 Å². The van der Waals surface area contributed by atoms with Crippen LogP contribution in [0.25, 0.3) is 11.1 Å². The fourth-order valence-corrected chi connectivity index (χ4v) is 7.43. The summed E-state index contributed by atoms with van der Waals surface area (Å²) in [6.45, 7) is 2.05. The Labute approximate surface area is 303 Å². The van der Waals surface area contributed by atoms with Crippen LogP contribution in [0.5, 0.6) is 0 Å². The Morgan fingerprint density at radius 2 is 1.54 bits per heavy atom. The third-order valence-electron chi connectivity index (χ3n) is 10.4. The lowest BCUT2D eigenvalue weighted by molar-refractivity contribution is -0.137. The third kappa shape index (κ3) is 9.10. The average Bonchev–Trinajstić information content (AvgIpc) is 3.93. The van der Waals surface area contributed by atoms with E-state index in [-0.39, 0.29) is 41.9 Å². The maximum atomic E-state index is 14.1. The van der Waals surface area contributed by atoms with Crippen molar-refractivity contribution in [1.82, 2.24) is 10.6 Å². The molecule has 3 unspecified atom stereocenters. The zero-order valence-corrected chi connectivity index (χ0v) is 29.6. The molecule has 52 heavy (non-hydrogen) atoms. The summed E-state index contributed by atoms with van der Waals surface area (Å²) in [4.78, 5) is 29.7. The van der Waals surface area contributed by atoms with Crippen LogP contribution in [-0.2, 0) is 27.0 Å². The highest BCUT2D eigenvalue weighted by atomic mass is 19.4. The molecule has 7 nitrogen and oxygen atoms in total. The molecule has 10 heteroatoms. The third-order valence-corrected chi connectivity index (χ3v) is 10.4. The van der Waals surface area contributed by atoms with Gasteiger partial charge in [0.2, 0.25) is 0 Å². The van der Waals surface area contributed by atoms with E-state index in [1.165, 1.54) is 12.1 Å². The molecule has 0 aliphatic carbocycles. The topological polar surface area (TPSA) is 89.8 Å². The lowest BCUT2D eigenvalue weighted by Gasteiger charge is -2.33. The number of methoxy groups -OCH3 is 2. The van der Waals surface area contributed by atoms with Crippen LogP contribution in [0.3, 0.4) is 0 Å². The van der Waals surface area contributed by atoms with Crippen molar-refractivity contribution < 1.29 is 32.2 Å². The molecule has 2 aliphatic heterocycles. The molecule has 2 heterocycles. The first-order valence-electron chi connectivity index (χ1n) is 18.0. The molecule has 0 saturated carbocycles. The fraction of sp³-hybridized carbons (Fsp3) is 0.381. The van der Waals surface area contributed by atoms with Gasteiger partial charge in [-0.05, 0) is 77.8 Å². The van der Waals surface area contributed by atoms with E-state index >= 15 is 0 Å². The van der Waals surface area contributed by atoms with E-state index < -0.39 is 11.7 Å². The number of benzene rings is 4. The van der Waals surface area contributed by atoms with Gasteiger partial charge in [-0.25, -0.2) is 0 Å². The molecule has 0 bridgehead atoms. The van der Waals surface area contributed by atoms with Gasteiger partial charge in [-0.1, -0.05) is 79.2 Å². The number of carbonyl (C=O) groups is 2. The second-order valence-corrected chi connectivity index (χ2v) is 13.7. The fourth-order valence-electron chi connectivity index (χ4n) is 7.43. The number of nitrogens with one attached hydrogen (secondary N) is 2. The Hall–Kier alpha value is -4.51. The summed E-state index contributed by atoms with van der Waals surface area (Å²) in [6, 6.07) is 29.9. The van der Waals surface area contributed by atoms with Crippen molar-refractivity contribution in [3.63, 3.8) is 0 Å². The SMILES string of the molecule is COC(CC1N[C@H]1C(=O)C(c1ccccc1)C1CCCCN(c2ccc(CNC(=O)c3ccccc3-c3ccc(C(F)(F)F)cc3)cc2)CC1)OC. The number of carbonyl (C=O) groups excluding carboxylic acids is 2. The second-order valence-electron chi connectivity index (χ2n) is 13.7. The van der Waals surface area contributed by atoms with Gasteiger partial charge in [0.15, 0.2) is 12.1 Å². The van der Waals surface area contributed by atoms with Crippen molar-refractivity contribution >= 4 is 17.4 Å². The molecule has 0 radical (unpaired) electrons. The number of halogens is 3. The Morgan fingerprint density at radius 3 is 2.23 bits per heavy atom. The maximum Gasteiger partial charge on any atom is 0.416 e. The normalized spacial score (nSPS) is 19.8. The first kappa shape index (κ1) is 37.3. The number of rotatable bonds is 13. The van der Waals surface area contributed by atoms with Crippen molar-refractivity contribution in [3.8, 4) is 11.1 Å². The van der Waals surface area contributed by atoms with Crippen LogP contribution >= 0.6 is 0 Å². The van der Waals surface area contributed by atoms with Gasteiger partial charge in [0.05, 0.1) is 11.6 Å². The monoisotopic (exact) mass is 713 g/mol. The highest BCUT2D eigenvalue weighted by Crippen LogP contribution is 2.38. The largest absolute Gasteiger partial charge is 0.416 e. The minimum absolute atomic E-state index is 0.0470. The lowest BCUT2D eigenvalue weighted by Crippen LogP contribution is -2.34. The Balaban J connectivity index is 1.08. The molecule has 6 rings (SSSR count). The zero-order valence-electron chi connectivity index (χ0n) is 29.6. The van der Waals surface area contributed by atoms with Crippen LogP contribution in [0.15, 0.2) is 103 Å². The number of hydrogen-bond donors (Lipinski definition) is 2. The molecule has 4 aromatic carbocycles. The van der Waals surface area contributed by atoms with Gasteiger partial charge in [-0.15, -0.1) is 0 Å². The summed E-state index contributed by atoms with van der Waals surface area (Å²) in [5.74, 6) is -0.0432. The minimum Gasteiger partial charge on any atom is -0.372 e. The van der Waals surface area contributed by atoms with E-state index in [1.807, 2.05) is 30.3 Å². The van der Waals surface area contributed by atoms with Crippen molar-refractivity contribution in [2.24, 2.45) is 5.92 Å². The van der Waals surface area contributed by atoms with Crippen LogP contribution in [0.1, 0.15) is 65.1 Å². The number of nitrogens with zero attached hydrogens (tertiary/aromatic N) is 1. The molecule has 1 amide bonds. The van der Waals surface area contributed by atoms with Gasteiger partial charge in [-0.3, -0.25) is 9.59 Å². The number of Topliss-reactive ketones (excluding diaryl/α,β-unsaturated/α-hetero) is 1. The molecule has 274 valence electrons. The zero-order chi connectivity index (χ0) is 36.7. The quantitative estimate of drug-likeness (QED) is 0.108. The van der Waals surface area contributed by atoms with E-state index in [9.17, 15) is 22.8 Å². The summed E-state index contributed by atoms with van der Waals surface area (Å²) >= 11 is 0. The molecular formula is C42H46F3N3O4. The molecule has 0 aromatic heterocycles. The van der Waals surface area contributed by atoms with E-state index in [2.05, 4.69) is 39.8 Å². The maximum absolute atomic E-state index is 14.1. The number of amides is 1. The van der Waals surface area contributed by atoms with Crippen LogP contribution in [0.2, 0.25) is 0 Å². The van der Waals surface area contributed by atoms with Gasteiger partial charge < -0.3 is 25.0 Å². The highest BCUT2D eigenvalue weighted by Gasteiger charge is 2.47. The van der Waals surface area contributed by atoms with Gasteiger partial charge in [0, 0.05) is 63.5 Å². The first-order valence-corrected chi connectivity index (χ1v) is 18.0. The lowest BCUT2D eigenvalue weighted by atomic mass is 9.76. The van der Waals surface area contributed by atoms with Gasteiger partial charge in [0.1, 0.15) is 0 Å². The highest BCUT2D eigenvalue weighted by molar-refractivity contribution is 6.00. The van der Waals surface area contributed by atoms with Crippen molar-refractivity contribution in [1.29, 1.82) is 0 Å². The predicted octanol–water partition coefficient (Wildman–Crippen LogP) is 8.00. The van der Waals surface area contributed by atoms with Gasteiger partial charge >= 0.3 is 6.18 Å². The van der Waals surface area contributed by atoms with E-state index in [0.717, 1.165) is 67.7 Å². The Morgan fingerprint density at radius 1 is 0.846 bits per heavy atom. The standard InChI is InChI=1S/C42H46F3N3O4/c1-51-37(52-2)26-36-39(47-36)40(49)38(30-10-4-3-5-11-30)31-12-8-9-24-48(25-23-31)33-21-15-28(16-22-33)27-46-41(50)35-14-7-6-13-34(35)29-17-19-32(20-18-29)42(43,44)45/h3-7,10-11,13-22,31,36-39,47H,8-9,12,23-27H2,1-2H3,(H,46,50)/t31?,36?,38?,39-/m1/s1. The Kier molecular flexibility index (Phi) is 12.1. The van der Waals surface area contributed by atoms with Crippen LogP contribution < -0.4 is 15.5 Å². The smallest absolute Gasteiger partial charge is 0.372 e. The minimum atomic E-state index is -4.43. The van der Waals surface area contributed by atoms with Crippen LogP contribution in [0.4, 0.5) is 18.9 Å². The van der Waals surface area contributed by atoms with E-state index in [0.29, 0.717) is 29.7 Å². The number of ether oxygens (including phenoxy) is 2. The number of ketones is 1. The number of alkyl halides is 3. The molecular weight excluding hydrogens is 667 g/mol. The molecule has 2 fully saturated rings. The van der Waals surface area contributed by atoms with Crippen LogP contribution in [0, 0.1) is 5.92 Å². The van der Waals surface area contributed by atoms with E-state index in [1.54, 1.807) is 38.5 Å². The molecule has 2 saturated heterocycles. The summed E-state index contributed by atoms with van der Waals surface area (Å²) in [5, 5.41) is 6.36. The summed E-state index contributed by atoms with van der Waals surface area (Å²) < 4.78 is 50.0. The number of hydrogen-bond acceptors (Lipinski definition) is 6. The summed E-state index contributed by atoms with van der Waals surface area (Å²) in [6.07, 6.45) is -0.209. The molecule has 4 aromatic rings. The molecule has 2 aliphatic rings. The first-order chi connectivity index (χ1) is 25.2. The summed E-state index contributed by atoms with van der Waals surface area (Å²) in [5.41, 5.74) is 3.86. The second kappa shape index (κ2) is 16.9. The molecule has 2 N–H and O–H groups in total. The van der Waals surface area contributed by atoms with Crippen molar-refractivity contribution in [2.75, 3.05) is 32.2 Å². The Bertz CT molecular complexity index is 1780. The van der Waals surface area contributed by atoms with Gasteiger partial charge in [0.25, 0.3) is 5.91 Å². The summed E-state index contributed by atoms with van der Waals surface area (Å²) in [7, 11) is 3.23. The molecule has 0 spiro atoms. The van der Waals surface area contributed by atoms with E-state index in [4.69, 9.17) is 9.47 Å².